The first-order chi connectivity index (χ1) is 36.0. The van der Waals surface area contributed by atoms with Gasteiger partial charge < -0.3 is 110 Å². The van der Waals surface area contributed by atoms with Crippen molar-refractivity contribution in [3.05, 3.63) is 11.6 Å². The normalized spacial score (nSPS) is 55.7. The van der Waals surface area contributed by atoms with E-state index in [9.17, 15) is 81.4 Å². The van der Waals surface area contributed by atoms with Gasteiger partial charge in [0.1, 0.15) is 79.4 Å². The highest BCUT2D eigenvalue weighted by molar-refractivity contribution is 5.71. The zero-order valence-electron chi connectivity index (χ0n) is 45.2. The van der Waals surface area contributed by atoms with Gasteiger partial charge in [0, 0.05) is 10.8 Å². The molecule has 0 amide bonds. The van der Waals surface area contributed by atoms with Crippen molar-refractivity contribution in [1.82, 2.24) is 0 Å². The number of carboxylic acid groups (broad SMARTS) is 1. The Labute approximate surface area is 448 Å². The highest BCUT2D eigenvalue weighted by Crippen LogP contribution is 2.76. The molecule has 9 aliphatic rings. The quantitative estimate of drug-likeness (QED) is 0.0920. The highest BCUT2D eigenvalue weighted by Gasteiger charge is 2.71. The van der Waals surface area contributed by atoms with Gasteiger partial charge >= 0.3 is 5.97 Å². The van der Waals surface area contributed by atoms with Gasteiger partial charge in [0.2, 0.25) is 0 Å². The van der Waals surface area contributed by atoms with E-state index in [1.54, 1.807) is 0 Å². The van der Waals surface area contributed by atoms with Crippen LogP contribution in [0.2, 0.25) is 0 Å². The number of carboxylic acids is 1. The Kier molecular flexibility index (Phi) is 16.8. The fraction of sp³-hybridized carbons (Fsp3) is 0.944. The summed E-state index contributed by atoms with van der Waals surface area (Å²) in [5.41, 5.74) is -1.77. The first-order valence-corrected chi connectivity index (χ1v) is 27.8. The Morgan fingerprint density at radius 1 is 0.623 bits per heavy atom. The lowest BCUT2D eigenvalue weighted by atomic mass is 9.33. The number of aliphatic hydroxyl groups excluding tert-OH is 14. The van der Waals surface area contributed by atoms with Gasteiger partial charge in [-0.2, -0.15) is 0 Å². The van der Waals surface area contributed by atoms with Crippen molar-refractivity contribution < 1.29 is 115 Å². The second-order valence-electron chi connectivity index (χ2n) is 26.4. The maximum Gasteiger partial charge on any atom is 0.309 e. The number of hydrogen-bond donors (Lipinski definition) is 15. The van der Waals surface area contributed by atoms with Crippen molar-refractivity contribution in [1.29, 1.82) is 0 Å². The number of rotatable bonds is 12. The van der Waals surface area contributed by atoms with Crippen LogP contribution in [0, 0.1) is 56.2 Å². The molecular weight excluding hydrogens is 1020 g/mol. The molecule has 0 spiro atoms. The summed E-state index contributed by atoms with van der Waals surface area (Å²) in [6.45, 7) is 13.0. The van der Waals surface area contributed by atoms with Gasteiger partial charge in [0.25, 0.3) is 0 Å². The van der Waals surface area contributed by atoms with E-state index in [1.165, 1.54) is 5.57 Å². The van der Waals surface area contributed by atoms with Crippen molar-refractivity contribution >= 4 is 5.97 Å². The smallest absolute Gasteiger partial charge is 0.309 e. The molecule has 9 rings (SSSR count). The van der Waals surface area contributed by atoms with Crippen molar-refractivity contribution in [2.24, 2.45) is 56.2 Å². The van der Waals surface area contributed by atoms with Gasteiger partial charge in [-0.25, -0.2) is 0 Å². The van der Waals surface area contributed by atoms with E-state index >= 15 is 0 Å². The Balaban J connectivity index is 0.984. The van der Waals surface area contributed by atoms with Gasteiger partial charge in [-0.15, -0.1) is 0 Å². The molecule has 3 aliphatic heterocycles. The predicted molar refractivity (Wildman–Crippen MR) is 263 cm³/mol. The Morgan fingerprint density at radius 2 is 1.23 bits per heavy atom. The molecule has 442 valence electrons. The van der Waals surface area contributed by atoms with E-state index < -0.39 is 177 Å². The molecule has 3 saturated heterocycles. The fourth-order valence-electron chi connectivity index (χ4n) is 16.9. The summed E-state index contributed by atoms with van der Waals surface area (Å²) < 4.78 is 42.9. The summed E-state index contributed by atoms with van der Waals surface area (Å²) in [5.74, 6) is -3.03. The third kappa shape index (κ3) is 9.51. The molecular formula is C54H88O23. The molecule has 8 fully saturated rings. The van der Waals surface area contributed by atoms with Crippen molar-refractivity contribution in [3.63, 3.8) is 0 Å². The van der Waals surface area contributed by atoms with Crippen LogP contribution >= 0.6 is 0 Å². The van der Waals surface area contributed by atoms with Gasteiger partial charge in [0.15, 0.2) is 18.9 Å². The third-order valence-electron chi connectivity index (χ3n) is 22.0. The van der Waals surface area contributed by atoms with Crippen LogP contribution < -0.4 is 0 Å². The number of hydrogen-bond acceptors (Lipinski definition) is 22. The minimum atomic E-state index is -1.98. The van der Waals surface area contributed by atoms with E-state index in [0.717, 1.165) is 19.3 Å². The Hall–Kier alpha value is -1.63. The highest BCUT2D eigenvalue weighted by atomic mass is 16.8. The van der Waals surface area contributed by atoms with E-state index in [2.05, 4.69) is 33.8 Å². The second kappa shape index (κ2) is 21.5. The van der Waals surface area contributed by atoms with Crippen LogP contribution in [0.5, 0.6) is 0 Å². The molecule has 30 atom stereocenters. The first-order valence-electron chi connectivity index (χ1n) is 27.8. The van der Waals surface area contributed by atoms with Crippen LogP contribution in [-0.2, 0) is 38.0 Å². The SMILES string of the molecule is CC1(C)CC2C3=CCC4[C@@]5(C)CC[C@H](O[C@@H]6CC(C(=O)O)[C@H](O)[C@H](O)C6O[C@@H]6OC(CO)[C@H](O)[C@H](O)C6O[C@@H]6OC(CO)[C@H](O)[C@H](O)C6O)[C@](C)(CO)C5CC[C@@]4(C)[C@]3(C)CC[C@@]2(C)C(O[C@@H]2OC[C@H](O)[C@H](O)C2O)C1O. The molecule has 23 heteroatoms. The Bertz CT molecular complexity index is 2130. The Morgan fingerprint density at radius 3 is 1.87 bits per heavy atom. The largest absolute Gasteiger partial charge is 0.481 e. The topological polar surface area (TPSA) is 385 Å². The lowest BCUT2D eigenvalue weighted by Crippen LogP contribution is -2.68. The minimum Gasteiger partial charge on any atom is -0.481 e. The molecule has 5 saturated carbocycles. The second-order valence-corrected chi connectivity index (χ2v) is 26.4. The zero-order chi connectivity index (χ0) is 56.4. The summed E-state index contributed by atoms with van der Waals surface area (Å²) >= 11 is 0. The summed E-state index contributed by atoms with van der Waals surface area (Å²) in [6, 6.07) is 0. The molecule has 3 heterocycles. The van der Waals surface area contributed by atoms with E-state index in [4.69, 9.17) is 33.2 Å². The minimum absolute atomic E-state index is 0.0263. The number of allylic oxidation sites excluding steroid dienone is 2. The third-order valence-corrected chi connectivity index (χ3v) is 22.0. The number of ether oxygens (including phenoxy) is 7. The standard InChI is InChI=1S/C54H88O23/c1-49(2)17-24-23-8-9-30-51(4)12-11-31(52(5,21-57)29(51)10-13-54(30,7)53(23,6)15-14-50(24,3)44(43(49)68)77-46-39(66)33(60)25(58)20-71-46)72-26-16-22(45(69)70)32(59)37(64)41(26)75-48-42(38(65)35(62)28(19-56)74-48)76-47-40(67)36(63)34(61)27(18-55)73-47/h8,22,24-44,46-48,55-68H,9-21H2,1-7H3,(H,69,70)/t22?,24?,25-,26+,27?,28?,29?,30?,31-,32-,33-,34-,35-,36-,37-,38-,39?,40?,41?,42?,43?,44?,46-,47-,48-,50+,51-,52+,53+,54+/m0/s1. The predicted octanol–water partition coefficient (Wildman–Crippen LogP) is -2.23. The van der Waals surface area contributed by atoms with Gasteiger partial charge in [-0.3, -0.25) is 4.79 Å². The molecule has 77 heavy (non-hydrogen) atoms. The maximum absolute atomic E-state index is 12.7. The van der Waals surface area contributed by atoms with Crippen molar-refractivity contribution in [2.75, 3.05) is 26.4 Å². The fourth-order valence-corrected chi connectivity index (χ4v) is 16.9. The van der Waals surface area contributed by atoms with Gasteiger partial charge in [-0.05, 0) is 97.2 Å². The molecule has 0 radical (unpaired) electrons. The summed E-state index contributed by atoms with van der Waals surface area (Å²) in [4.78, 5) is 12.7. The van der Waals surface area contributed by atoms with E-state index in [1.807, 2.05) is 20.8 Å². The number of aliphatic carboxylic acids is 1. The van der Waals surface area contributed by atoms with Crippen LogP contribution in [0.3, 0.4) is 0 Å². The van der Waals surface area contributed by atoms with Crippen LogP contribution in [-0.4, -0.2) is 238 Å². The average Bonchev–Trinajstić information content (AvgIpc) is 3.52. The molecule has 0 aromatic carbocycles. The molecule has 0 bridgehead atoms. The molecule has 6 aliphatic carbocycles. The summed E-state index contributed by atoms with van der Waals surface area (Å²) in [5, 5.41) is 163. The van der Waals surface area contributed by atoms with Gasteiger partial charge in [0.05, 0.1) is 62.9 Å². The van der Waals surface area contributed by atoms with Crippen LogP contribution in [0.15, 0.2) is 11.6 Å². The number of aliphatic hydroxyl groups is 14. The molecule has 0 aromatic rings. The summed E-state index contributed by atoms with van der Waals surface area (Å²) in [7, 11) is 0. The van der Waals surface area contributed by atoms with E-state index in [0.29, 0.717) is 32.1 Å². The molecule has 23 nitrogen and oxygen atoms in total. The van der Waals surface area contributed by atoms with Crippen molar-refractivity contribution in [2.45, 2.75) is 235 Å². The van der Waals surface area contributed by atoms with Crippen LogP contribution in [0.4, 0.5) is 0 Å². The molecule has 0 aromatic heterocycles. The monoisotopic (exact) mass is 1100 g/mol. The molecule has 12 unspecified atom stereocenters. The lowest BCUT2D eigenvalue weighted by molar-refractivity contribution is -0.381. The maximum atomic E-state index is 12.7. The average molecular weight is 1110 g/mol. The molecule has 15 N–H and O–H groups in total. The van der Waals surface area contributed by atoms with E-state index in [-0.39, 0.29) is 47.2 Å². The zero-order valence-corrected chi connectivity index (χ0v) is 45.2. The lowest BCUT2D eigenvalue weighted by Gasteiger charge is -2.72. The number of fused-ring (bicyclic) bond motifs is 7. The van der Waals surface area contributed by atoms with Gasteiger partial charge in [-0.1, -0.05) is 60.1 Å². The van der Waals surface area contributed by atoms with Crippen LogP contribution in [0.25, 0.3) is 0 Å². The van der Waals surface area contributed by atoms with Crippen molar-refractivity contribution in [3.8, 4) is 0 Å². The van der Waals surface area contributed by atoms with Crippen LogP contribution in [0.1, 0.15) is 106 Å². The summed E-state index contributed by atoms with van der Waals surface area (Å²) in [6.07, 6.45) is -25.5. The first kappa shape index (κ1) is 60.0. The number of carbonyl (C=O) groups is 1.